The summed E-state index contributed by atoms with van der Waals surface area (Å²) in [6.45, 7) is 4.67. The Labute approximate surface area is 124 Å². The summed E-state index contributed by atoms with van der Waals surface area (Å²) < 4.78 is 1.67. The molecule has 0 aliphatic carbocycles. The van der Waals surface area contributed by atoms with Gasteiger partial charge in [0.2, 0.25) is 0 Å². The maximum Gasteiger partial charge on any atom is 0.261 e. The van der Waals surface area contributed by atoms with Gasteiger partial charge < -0.3 is 4.90 Å². The second-order valence-corrected chi connectivity index (χ2v) is 5.78. The number of fused-ring (bicyclic) bond motifs is 1. The lowest BCUT2D eigenvalue weighted by Gasteiger charge is -2.23. The molecule has 0 saturated heterocycles. The van der Waals surface area contributed by atoms with Crippen LogP contribution >= 0.6 is 11.6 Å². The molecule has 0 bridgehead atoms. The summed E-state index contributed by atoms with van der Waals surface area (Å²) in [7, 11) is 4.05. The average Bonchev–Trinajstić information content (AvgIpc) is 2.38. The number of nitrogens with zero attached hydrogens (tertiary/aromatic N) is 3. The van der Waals surface area contributed by atoms with Crippen LogP contribution in [0.4, 0.5) is 0 Å². The van der Waals surface area contributed by atoms with E-state index in [-0.39, 0.29) is 5.56 Å². The van der Waals surface area contributed by atoms with E-state index in [1.165, 1.54) is 0 Å². The van der Waals surface area contributed by atoms with Crippen LogP contribution in [0.15, 0.2) is 23.3 Å². The van der Waals surface area contributed by atoms with Crippen LogP contribution in [0.3, 0.4) is 0 Å². The van der Waals surface area contributed by atoms with Crippen LogP contribution in [0, 0.1) is 6.92 Å². The van der Waals surface area contributed by atoms with Crippen LogP contribution < -0.4 is 5.56 Å². The van der Waals surface area contributed by atoms with Gasteiger partial charge in [0.15, 0.2) is 0 Å². The molecule has 0 radical (unpaired) electrons. The summed E-state index contributed by atoms with van der Waals surface area (Å²) >= 11 is 6.05. The Morgan fingerprint density at radius 3 is 2.70 bits per heavy atom. The van der Waals surface area contributed by atoms with Gasteiger partial charge in [-0.1, -0.05) is 18.5 Å². The molecule has 0 N–H and O–H groups in total. The first-order valence-electron chi connectivity index (χ1n) is 6.75. The average molecular weight is 294 g/mol. The number of aryl methyl sites for hydroxylation is 1. The first kappa shape index (κ1) is 15.0. The van der Waals surface area contributed by atoms with E-state index in [4.69, 9.17) is 11.6 Å². The molecule has 108 valence electrons. The molecule has 0 amide bonds. The highest BCUT2D eigenvalue weighted by Gasteiger charge is 2.13. The lowest BCUT2D eigenvalue weighted by atomic mass is 10.1. The molecule has 4 nitrogen and oxygen atoms in total. The van der Waals surface area contributed by atoms with Crippen LogP contribution in [-0.2, 0) is 6.54 Å². The highest BCUT2D eigenvalue weighted by atomic mass is 35.5. The van der Waals surface area contributed by atoms with Crippen LogP contribution in [0.2, 0.25) is 5.02 Å². The summed E-state index contributed by atoms with van der Waals surface area (Å²) in [4.78, 5) is 19.1. The molecule has 0 unspecified atom stereocenters. The summed E-state index contributed by atoms with van der Waals surface area (Å²) in [6.07, 6.45) is 2.61. The second kappa shape index (κ2) is 5.94. The molecule has 2 rings (SSSR count). The Morgan fingerprint density at radius 1 is 1.40 bits per heavy atom. The summed E-state index contributed by atoms with van der Waals surface area (Å²) in [5.41, 5.74) is 1.63. The normalized spacial score (nSPS) is 13.1. The third-order valence-corrected chi connectivity index (χ3v) is 3.91. The fourth-order valence-corrected chi connectivity index (χ4v) is 2.69. The van der Waals surface area contributed by atoms with E-state index in [1.54, 1.807) is 17.0 Å². The van der Waals surface area contributed by atoms with Crippen molar-refractivity contribution in [1.82, 2.24) is 14.5 Å². The Morgan fingerprint density at radius 2 is 2.10 bits per heavy atom. The topological polar surface area (TPSA) is 38.1 Å². The third kappa shape index (κ3) is 2.86. The Kier molecular flexibility index (Phi) is 4.45. The lowest BCUT2D eigenvalue weighted by Crippen LogP contribution is -2.35. The molecule has 1 heterocycles. The van der Waals surface area contributed by atoms with E-state index in [9.17, 15) is 4.79 Å². The fraction of sp³-hybridized carbons (Fsp3) is 0.467. The molecule has 0 fully saturated rings. The van der Waals surface area contributed by atoms with Crippen molar-refractivity contribution in [3.8, 4) is 0 Å². The van der Waals surface area contributed by atoms with Gasteiger partial charge in [-0.15, -0.1) is 0 Å². The number of likely N-dealkylation sites (N-methyl/N-ethyl adjacent to an activating group) is 1. The van der Waals surface area contributed by atoms with E-state index in [1.807, 2.05) is 27.1 Å². The highest BCUT2D eigenvalue weighted by molar-refractivity contribution is 6.31. The Balaban J connectivity index is 2.52. The van der Waals surface area contributed by atoms with Gasteiger partial charge in [0, 0.05) is 17.6 Å². The first-order valence-corrected chi connectivity index (χ1v) is 7.13. The maximum absolute atomic E-state index is 12.6. The van der Waals surface area contributed by atoms with E-state index in [0.29, 0.717) is 23.0 Å². The second-order valence-electron chi connectivity index (χ2n) is 5.35. The van der Waals surface area contributed by atoms with Crippen molar-refractivity contribution >= 4 is 22.5 Å². The maximum atomic E-state index is 12.6. The zero-order chi connectivity index (χ0) is 14.9. The van der Waals surface area contributed by atoms with Gasteiger partial charge in [-0.2, -0.15) is 0 Å². The molecular weight excluding hydrogens is 274 g/mol. The van der Waals surface area contributed by atoms with E-state index in [0.717, 1.165) is 17.5 Å². The monoisotopic (exact) mass is 293 g/mol. The smallest absolute Gasteiger partial charge is 0.261 e. The standard InChI is InChI=1S/C15H20ClN3O/c1-5-12(18(3)4)8-19-9-17-14-10(2)6-11(16)7-13(14)15(19)20/h6-7,9,12H,5,8H2,1-4H3/t12-/m0/s1. The molecule has 1 atom stereocenters. The number of aromatic nitrogens is 2. The van der Waals surface area contributed by atoms with Crippen LogP contribution in [-0.4, -0.2) is 34.6 Å². The van der Waals surface area contributed by atoms with Crippen molar-refractivity contribution in [1.29, 1.82) is 0 Å². The number of hydrogen-bond donors (Lipinski definition) is 0. The molecule has 0 saturated carbocycles. The van der Waals surface area contributed by atoms with Crippen molar-refractivity contribution < 1.29 is 0 Å². The molecule has 0 spiro atoms. The largest absolute Gasteiger partial charge is 0.305 e. The SMILES string of the molecule is CC[C@@H](Cn1cnc2c(C)cc(Cl)cc2c1=O)N(C)C. The molecule has 20 heavy (non-hydrogen) atoms. The molecule has 0 aliphatic rings. The van der Waals surface area contributed by atoms with Gasteiger partial charge in [-0.3, -0.25) is 9.36 Å². The van der Waals surface area contributed by atoms with Crippen molar-refractivity contribution in [2.45, 2.75) is 32.9 Å². The fourth-order valence-electron chi connectivity index (χ4n) is 2.42. The van der Waals surface area contributed by atoms with Gasteiger partial charge in [0.05, 0.1) is 17.2 Å². The van der Waals surface area contributed by atoms with E-state index >= 15 is 0 Å². The summed E-state index contributed by atoms with van der Waals surface area (Å²) in [5.74, 6) is 0. The first-order chi connectivity index (χ1) is 9.43. The van der Waals surface area contributed by atoms with Crippen LogP contribution in [0.25, 0.3) is 10.9 Å². The Bertz CT molecular complexity index is 679. The minimum absolute atomic E-state index is 0.0269. The van der Waals surface area contributed by atoms with Crippen molar-refractivity contribution in [2.24, 2.45) is 0 Å². The summed E-state index contributed by atoms with van der Waals surface area (Å²) in [5, 5.41) is 1.16. The van der Waals surface area contributed by atoms with Crippen molar-refractivity contribution in [2.75, 3.05) is 14.1 Å². The van der Waals surface area contributed by atoms with Crippen LogP contribution in [0.5, 0.6) is 0 Å². The lowest BCUT2D eigenvalue weighted by molar-refractivity contribution is 0.255. The predicted molar refractivity (Wildman–Crippen MR) is 83.5 cm³/mol. The van der Waals surface area contributed by atoms with Gasteiger partial charge in [0.25, 0.3) is 5.56 Å². The molecule has 2 aromatic rings. The van der Waals surface area contributed by atoms with Gasteiger partial charge in [0.1, 0.15) is 0 Å². The molecule has 0 aliphatic heterocycles. The predicted octanol–water partition coefficient (Wildman–Crippen LogP) is 2.70. The minimum Gasteiger partial charge on any atom is -0.305 e. The quantitative estimate of drug-likeness (QED) is 0.870. The number of hydrogen-bond acceptors (Lipinski definition) is 3. The zero-order valence-corrected chi connectivity index (χ0v) is 13.1. The molecule has 1 aromatic carbocycles. The van der Waals surface area contributed by atoms with Gasteiger partial charge >= 0.3 is 0 Å². The van der Waals surface area contributed by atoms with Gasteiger partial charge in [-0.05, 0) is 45.1 Å². The highest BCUT2D eigenvalue weighted by Crippen LogP contribution is 2.19. The number of halogens is 1. The molecule has 5 heteroatoms. The van der Waals surface area contributed by atoms with Gasteiger partial charge in [-0.25, -0.2) is 4.98 Å². The van der Waals surface area contributed by atoms with Crippen molar-refractivity contribution in [3.63, 3.8) is 0 Å². The van der Waals surface area contributed by atoms with E-state index < -0.39 is 0 Å². The Hall–Kier alpha value is -1.39. The van der Waals surface area contributed by atoms with E-state index in [2.05, 4.69) is 16.8 Å². The molecule has 1 aromatic heterocycles. The third-order valence-electron chi connectivity index (χ3n) is 3.69. The summed E-state index contributed by atoms with van der Waals surface area (Å²) in [6, 6.07) is 3.84. The minimum atomic E-state index is -0.0269. The molecular formula is C15H20ClN3O. The zero-order valence-electron chi connectivity index (χ0n) is 12.4. The number of benzene rings is 1. The van der Waals surface area contributed by atoms with Crippen molar-refractivity contribution in [3.05, 3.63) is 39.4 Å². The van der Waals surface area contributed by atoms with Crippen LogP contribution in [0.1, 0.15) is 18.9 Å². The number of rotatable bonds is 4.